The Labute approximate surface area is 89.5 Å². The van der Waals surface area contributed by atoms with Crippen molar-refractivity contribution >= 4 is 21.9 Å². The number of aliphatic hydroxyl groups is 1. The standard InChI is InChI=1S/C9H10BrNO3/c10-6-4-2-1-3-5(6)7(11)8(12)9(13)14/h1-4,7-8,12H,11H2,(H,13,14). The van der Waals surface area contributed by atoms with Gasteiger partial charge in [0.1, 0.15) is 0 Å². The van der Waals surface area contributed by atoms with Crippen LogP contribution >= 0.6 is 15.9 Å². The van der Waals surface area contributed by atoms with Gasteiger partial charge in [0.05, 0.1) is 6.04 Å². The van der Waals surface area contributed by atoms with Crippen molar-refractivity contribution in [3.05, 3.63) is 34.3 Å². The zero-order chi connectivity index (χ0) is 10.7. The van der Waals surface area contributed by atoms with Crippen LogP contribution in [0.25, 0.3) is 0 Å². The van der Waals surface area contributed by atoms with Crippen LogP contribution in [-0.4, -0.2) is 22.3 Å². The molecule has 1 rings (SSSR count). The topological polar surface area (TPSA) is 83.5 Å². The number of carboxylic acid groups (broad SMARTS) is 1. The molecule has 1 aromatic rings. The Hall–Kier alpha value is -0.910. The molecule has 1 aromatic carbocycles. The minimum Gasteiger partial charge on any atom is -0.479 e. The van der Waals surface area contributed by atoms with Crippen molar-refractivity contribution in [2.24, 2.45) is 5.73 Å². The summed E-state index contributed by atoms with van der Waals surface area (Å²) in [6.45, 7) is 0. The molecule has 4 nitrogen and oxygen atoms in total. The van der Waals surface area contributed by atoms with Crippen LogP contribution < -0.4 is 5.73 Å². The molecule has 0 fully saturated rings. The number of carboxylic acids is 1. The molecule has 5 heteroatoms. The fourth-order valence-electron chi connectivity index (χ4n) is 1.07. The van der Waals surface area contributed by atoms with E-state index in [2.05, 4.69) is 15.9 Å². The van der Waals surface area contributed by atoms with Crippen molar-refractivity contribution in [2.45, 2.75) is 12.1 Å². The number of hydrogen-bond acceptors (Lipinski definition) is 3. The third-order valence-electron chi connectivity index (χ3n) is 1.86. The van der Waals surface area contributed by atoms with E-state index >= 15 is 0 Å². The molecule has 0 aliphatic heterocycles. The SMILES string of the molecule is NC(c1ccccc1Br)C(O)C(=O)O. The van der Waals surface area contributed by atoms with Gasteiger partial charge in [-0.25, -0.2) is 4.79 Å². The quantitative estimate of drug-likeness (QED) is 0.753. The zero-order valence-corrected chi connectivity index (χ0v) is 8.81. The largest absolute Gasteiger partial charge is 0.479 e. The number of carbonyl (C=O) groups is 1. The first-order valence-corrected chi connectivity index (χ1v) is 4.74. The first kappa shape index (κ1) is 11.2. The maximum absolute atomic E-state index is 10.5. The van der Waals surface area contributed by atoms with Gasteiger partial charge in [-0.3, -0.25) is 0 Å². The lowest BCUT2D eigenvalue weighted by Crippen LogP contribution is -2.33. The van der Waals surface area contributed by atoms with Crippen LogP contribution in [0.5, 0.6) is 0 Å². The second kappa shape index (κ2) is 4.54. The number of nitrogens with two attached hydrogens (primary N) is 1. The highest BCUT2D eigenvalue weighted by Gasteiger charge is 2.24. The van der Waals surface area contributed by atoms with E-state index in [-0.39, 0.29) is 0 Å². The Balaban J connectivity index is 2.94. The number of aliphatic carboxylic acids is 1. The number of hydrogen-bond donors (Lipinski definition) is 3. The van der Waals surface area contributed by atoms with E-state index < -0.39 is 18.1 Å². The molecule has 4 N–H and O–H groups in total. The Morgan fingerprint density at radius 1 is 1.43 bits per heavy atom. The molecule has 0 bridgehead atoms. The second-order valence-corrected chi connectivity index (χ2v) is 3.68. The number of rotatable bonds is 3. The smallest absolute Gasteiger partial charge is 0.334 e. The minimum atomic E-state index is -1.59. The van der Waals surface area contributed by atoms with Crippen LogP contribution in [0.2, 0.25) is 0 Å². The van der Waals surface area contributed by atoms with E-state index in [9.17, 15) is 9.90 Å². The molecule has 0 amide bonds. The van der Waals surface area contributed by atoms with Gasteiger partial charge in [-0.05, 0) is 11.6 Å². The fraction of sp³-hybridized carbons (Fsp3) is 0.222. The molecule has 0 saturated carbocycles. The summed E-state index contributed by atoms with van der Waals surface area (Å²) >= 11 is 3.23. The van der Waals surface area contributed by atoms with E-state index in [1.54, 1.807) is 24.3 Å². The molecule has 0 heterocycles. The minimum absolute atomic E-state index is 0.572. The highest BCUT2D eigenvalue weighted by molar-refractivity contribution is 9.10. The van der Waals surface area contributed by atoms with E-state index in [0.29, 0.717) is 10.0 Å². The van der Waals surface area contributed by atoms with Crippen LogP contribution in [0.4, 0.5) is 0 Å². The van der Waals surface area contributed by atoms with Gasteiger partial charge in [0.25, 0.3) is 0 Å². The summed E-state index contributed by atoms with van der Waals surface area (Å²) < 4.78 is 0.688. The maximum Gasteiger partial charge on any atom is 0.334 e. The predicted molar refractivity (Wildman–Crippen MR) is 54.7 cm³/mol. The summed E-state index contributed by atoms with van der Waals surface area (Å²) in [5, 5.41) is 17.8. The molecule has 2 atom stereocenters. The van der Waals surface area contributed by atoms with Gasteiger partial charge in [0.15, 0.2) is 6.10 Å². The van der Waals surface area contributed by atoms with Crippen molar-refractivity contribution in [3.63, 3.8) is 0 Å². The summed E-state index contributed by atoms with van der Waals surface area (Å²) in [7, 11) is 0. The number of benzene rings is 1. The summed E-state index contributed by atoms with van der Waals surface area (Å²) in [6.07, 6.45) is -1.59. The van der Waals surface area contributed by atoms with Gasteiger partial charge in [0, 0.05) is 4.47 Å². The van der Waals surface area contributed by atoms with Crippen molar-refractivity contribution in [1.29, 1.82) is 0 Å². The highest BCUT2D eigenvalue weighted by Crippen LogP contribution is 2.23. The van der Waals surface area contributed by atoms with Gasteiger partial charge in [-0.2, -0.15) is 0 Å². The maximum atomic E-state index is 10.5. The van der Waals surface area contributed by atoms with Crippen LogP contribution in [0, 0.1) is 0 Å². The van der Waals surface area contributed by atoms with Crippen molar-refractivity contribution in [3.8, 4) is 0 Å². The lowest BCUT2D eigenvalue weighted by atomic mass is 10.0. The third kappa shape index (κ3) is 2.31. The molecule has 14 heavy (non-hydrogen) atoms. The van der Waals surface area contributed by atoms with Gasteiger partial charge < -0.3 is 15.9 Å². The summed E-state index contributed by atoms with van der Waals surface area (Å²) in [6, 6.07) is 6.00. The van der Waals surface area contributed by atoms with Crippen LogP contribution in [-0.2, 0) is 4.79 Å². The van der Waals surface area contributed by atoms with Crippen molar-refractivity contribution in [2.75, 3.05) is 0 Å². The second-order valence-electron chi connectivity index (χ2n) is 2.83. The molecule has 0 aromatic heterocycles. The average molecular weight is 260 g/mol. The average Bonchev–Trinajstić information content (AvgIpc) is 2.16. The van der Waals surface area contributed by atoms with Gasteiger partial charge in [-0.1, -0.05) is 34.1 Å². The van der Waals surface area contributed by atoms with Crippen molar-refractivity contribution in [1.82, 2.24) is 0 Å². The number of aliphatic hydroxyl groups excluding tert-OH is 1. The van der Waals surface area contributed by atoms with Gasteiger partial charge >= 0.3 is 5.97 Å². The Kier molecular flexibility index (Phi) is 3.62. The monoisotopic (exact) mass is 259 g/mol. The summed E-state index contributed by atoms with van der Waals surface area (Å²) in [5.41, 5.74) is 6.15. The Morgan fingerprint density at radius 2 is 2.00 bits per heavy atom. The lowest BCUT2D eigenvalue weighted by Gasteiger charge is -2.16. The Morgan fingerprint density at radius 3 is 2.50 bits per heavy atom. The molecular weight excluding hydrogens is 250 g/mol. The van der Waals surface area contributed by atoms with E-state index in [0.717, 1.165) is 0 Å². The molecular formula is C9H10BrNO3. The molecule has 0 aliphatic rings. The van der Waals surface area contributed by atoms with Crippen LogP contribution in [0.15, 0.2) is 28.7 Å². The van der Waals surface area contributed by atoms with E-state index in [4.69, 9.17) is 10.8 Å². The van der Waals surface area contributed by atoms with Gasteiger partial charge in [0.2, 0.25) is 0 Å². The highest BCUT2D eigenvalue weighted by atomic mass is 79.9. The predicted octanol–water partition coefficient (Wildman–Crippen LogP) is 0.894. The molecule has 0 saturated heterocycles. The number of halogens is 1. The van der Waals surface area contributed by atoms with Gasteiger partial charge in [-0.15, -0.1) is 0 Å². The first-order valence-electron chi connectivity index (χ1n) is 3.95. The van der Waals surface area contributed by atoms with E-state index in [1.807, 2.05) is 0 Å². The summed E-state index contributed by atoms with van der Waals surface area (Å²) in [4.78, 5) is 10.5. The first-order chi connectivity index (χ1) is 6.54. The normalized spacial score (nSPS) is 14.8. The zero-order valence-electron chi connectivity index (χ0n) is 7.22. The molecule has 0 aliphatic carbocycles. The van der Waals surface area contributed by atoms with Crippen molar-refractivity contribution < 1.29 is 15.0 Å². The fourth-order valence-corrected chi connectivity index (χ4v) is 1.62. The molecule has 0 spiro atoms. The van der Waals surface area contributed by atoms with E-state index in [1.165, 1.54) is 0 Å². The molecule has 0 radical (unpaired) electrons. The van der Waals surface area contributed by atoms with Crippen LogP contribution in [0.1, 0.15) is 11.6 Å². The van der Waals surface area contributed by atoms with Crippen LogP contribution in [0.3, 0.4) is 0 Å². The molecule has 76 valence electrons. The third-order valence-corrected chi connectivity index (χ3v) is 2.58. The lowest BCUT2D eigenvalue weighted by molar-refractivity contribution is -0.147. The Bertz CT molecular complexity index is 343. The summed E-state index contributed by atoms with van der Waals surface area (Å²) in [5.74, 6) is -1.33. The molecule has 2 unspecified atom stereocenters.